The van der Waals surface area contributed by atoms with E-state index in [0.29, 0.717) is 5.95 Å². The van der Waals surface area contributed by atoms with Gasteiger partial charge in [0.15, 0.2) is 16.8 Å². The van der Waals surface area contributed by atoms with Crippen molar-refractivity contribution in [2.75, 3.05) is 39.1 Å². The number of benzene rings is 1. The van der Waals surface area contributed by atoms with Gasteiger partial charge < -0.3 is 15.0 Å². The average Bonchev–Trinajstić information content (AvgIpc) is 3.44. The molecule has 2 aliphatic heterocycles. The van der Waals surface area contributed by atoms with Crippen LogP contribution in [0.5, 0.6) is 5.75 Å². The predicted octanol–water partition coefficient (Wildman–Crippen LogP) is 1.72. The summed E-state index contributed by atoms with van der Waals surface area (Å²) in [5, 5.41) is 13.5. The minimum Gasteiger partial charge on any atom is -0.495 e. The van der Waals surface area contributed by atoms with E-state index in [-0.39, 0.29) is 0 Å². The molecule has 0 bridgehead atoms. The molecule has 32 heavy (non-hydrogen) atoms. The highest BCUT2D eigenvalue weighted by atomic mass is 32.2. The third-order valence-corrected chi connectivity index (χ3v) is 6.64. The molecular formula is C21H30N8O2S. The molecule has 0 spiro atoms. The quantitative estimate of drug-likeness (QED) is 0.612. The van der Waals surface area contributed by atoms with Gasteiger partial charge in [-0.3, -0.25) is 4.68 Å². The number of aryl methyl sites for hydroxylation is 1. The summed E-state index contributed by atoms with van der Waals surface area (Å²) in [7, 11) is 5.70. The molecule has 10 nitrogen and oxygen atoms in total. The third kappa shape index (κ3) is 5.07. The molecule has 2 aromatic heterocycles. The highest BCUT2D eigenvalue weighted by molar-refractivity contribution is 7.80. The summed E-state index contributed by atoms with van der Waals surface area (Å²) < 4.78 is 19.5. The van der Waals surface area contributed by atoms with E-state index in [1.807, 2.05) is 7.05 Å². The number of rotatable bonds is 4. The van der Waals surface area contributed by atoms with Crippen LogP contribution < -0.4 is 15.2 Å². The maximum absolute atomic E-state index is 10.5. The van der Waals surface area contributed by atoms with Gasteiger partial charge >= 0.3 is 0 Å². The molecule has 1 fully saturated rings. The van der Waals surface area contributed by atoms with Crippen LogP contribution in [0.25, 0.3) is 11.0 Å². The van der Waals surface area contributed by atoms with Gasteiger partial charge in [0.25, 0.3) is 0 Å². The van der Waals surface area contributed by atoms with Gasteiger partial charge in [-0.1, -0.05) is 0 Å². The van der Waals surface area contributed by atoms with E-state index in [1.165, 1.54) is 11.1 Å². The molecule has 3 N–H and O–H groups in total. The van der Waals surface area contributed by atoms with Gasteiger partial charge in [0.1, 0.15) is 5.75 Å². The van der Waals surface area contributed by atoms with E-state index in [9.17, 15) is 4.21 Å². The first kappa shape index (κ1) is 22.6. The number of fused-ring (bicyclic) bond motifs is 2. The molecule has 5 rings (SSSR count). The zero-order chi connectivity index (χ0) is 22.7. The summed E-state index contributed by atoms with van der Waals surface area (Å²) in [6.45, 7) is 3.82. The van der Waals surface area contributed by atoms with Gasteiger partial charge in [0.2, 0.25) is 5.95 Å². The molecule has 2 aliphatic rings. The van der Waals surface area contributed by atoms with E-state index in [4.69, 9.17) is 9.88 Å². The standard InChI is InChI=1S/C17H20N6O.C4H10N2OS/c1-22-5-4-11-7-15(24-3)14(6-12(11)10-22)20-17-18-8-13-9-19-23(2)16(13)21-17;5-8(7)6-3-1-2-4-6/h6-9H,4-5,10H2,1-3H3,(H,18,20,21);1-5H2. The Morgan fingerprint density at radius 3 is 2.59 bits per heavy atom. The van der Waals surface area contributed by atoms with Crippen molar-refractivity contribution in [1.29, 1.82) is 0 Å². The SMILES string of the molecule is COc1cc2c(cc1Nc1ncc3cnn(C)c3n1)CN(C)CC2.NS(=O)N1CCCC1. The molecular weight excluding hydrogens is 428 g/mol. The summed E-state index contributed by atoms with van der Waals surface area (Å²) in [4.78, 5) is 11.2. The summed E-state index contributed by atoms with van der Waals surface area (Å²) >= 11 is -1.21. The number of anilines is 2. The van der Waals surface area contributed by atoms with Crippen LogP contribution in [-0.4, -0.2) is 67.0 Å². The van der Waals surface area contributed by atoms with Crippen LogP contribution in [0.4, 0.5) is 11.6 Å². The number of aromatic nitrogens is 4. The third-order valence-electron chi connectivity index (χ3n) is 5.76. The maximum atomic E-state index is 10.5. The minimum atomic E-state index is -1.21. The van der Waals surface area contributed by atoms with E-state index >= 15 is 0 Å². The number of nitrogens with two attached hydrogens (primary N) is 1. The first-order valence-electron chi connectivity index (χ1n) is 10.7. The van der Waals surface area contributed by atoms with Crippen LogP contribution in [0.1, 0.15) is 24.0 Å². The molecule has 0 radical (unpaired) electrons. The molecule has 0 saturated carbocycles. The zero-order valence-corrected chi connectivity index (χ0v) is 19.6. The summed E-state index contributed by atoms with van der Waals surface area (Å²) in [6.07, 6.45) is 6.86. The van der Waals surface area contributed by atoms with Crippen LogP contribution in [0.3, 0.4) is 0 Å². The Balaban J connectivity index is 0.000000260. The molecule has 3 aromatic rings. The summed E-state index contributed by atoms with van der Waals surface area (Å²) in [5.41, 5.74) is 4.34. The Hall–Kier alpha value is -2.60. The van der Waals surface area contributed by atoms with Crippen molar-refractivity contribution in [3.63, 3.8) is 0 Å². The Kier molecular flexibility index (Phi) is 6.99. The fourth-order valence-corrected chi connectivity index (χ4v) is 4.60. The van der Waals surface area contributed by atoms with Gasteiger partial charge in [-0.15, -0.1) is 0 Å². The highest BCUT2D eigenvalue weighted by Gasteiger charge is 2.17. The van der Waals surface area contributed by atoms with Crippen LogP contribution >= 0.6 is 0 Å². The lowest BCUT2D eigenvalue weighted by molar-refractivity contribution is 0.312. The van der Waals surface area contributed by atoms with Crippen LogP contribution in [-0.2, 0) is 31.2 Å². The second-order valence-electron chi connectivity index (χ2n) is 8.09. The van der Waals surface area contributed by atoms with Gasteiger partial charge in [-0.2, -0.15) is 10.1 Å². The van der Waals surface area contributed by atoms with E-state index in [2.05, 4.69) is 44.5 Å². The van der Waals surface area contributed by atoms with Crippen LogP contribution in [0.2, 0.25) is 0 Å². The van der Waals surface area contributed by atoms with Crippen molar-refractivity contribution >= 4 is 33.8 Å². The lowest BCUT2D eigenvalue weighted by Crippen LogP contribution is -2.27. The highest BCUT2D eigenvalue weighted by Crippen LogP contribution is 2.33. The topological polar surface area (TPSA) is 114 Å². The zero-order valence-electron chi connectivity index (χ0n) is 18.7. The van der Waals surface area contributed by atoms with Crippen molar-refractivity contribution in [1.82, 2.24) is 29.0 Å². The summed E-state index contributed by atoms with van der Waals surface area (Å²) in [5.74, 6) is 1.35. The van der Waals surface area contributed by atoms with Crippen molar-refractivity contribution < 1.29 is 8.95 Å². The van der Waals surface area contributed by atoms with Gasteiger partial charge in [0, 0.05) is 39.4 Å². The number of likely N-dealkylation sites (N-methyl/N-ethyl adjacent to an activating group) is 1. The molecule has 4 heterocycles. The second-order valence-corrected chi connectivity index (χ2v) is 9.16. The fourth-order valence-electron chi connectivity index (χ4n) is 3.98. The van der Waals surface area contributed by atoms with Crippen LogP contribution in [0.15, 0.2) is 24.5 Å². The number of hydrogen-bond donors (Lipinski definition) is 2. The van der Waals surface area contributed by atoms with E-state index in [0.717, 1.165) is 67.9 Å². The molecule has 1 unspecified atom stereocenters. The van der Waals surface area contributed by atoms with Crippen molar-refractivity contribution in [2.45, 2.75) is 25.8 Å². The molecule has 1 saturated heterocycles. The van der Waals surface area contributed by atoms with E-state index in [1.54, 1.807) is 28.5 Å². The number of nitrogens with zero attached hydrogens (tertiary/aromatic N) is 6. The number of ether oxygens (including phenoxy) is 1. The largest absolute Gasteiger partial charge is 0.495 e. The normalized spacial score (nSPS) is 17.5. The van der Waals surface area contributed by atoms with Crippen molar-refractivity contribution in [2.24, 2.45) is 12.2 Å². The smallest absolute Gasteiger partial charge is 0.229 e. The molecule has 1 aromatic carbocycles. The molecule has 172 valence electrons. The lowest BCUT2D eigenvalue weighted by atomic mass is 9.99. The first-order chi connectivity index (χ1) is 15.4. The minimum absolute atomic E-state index is 0.536. The maximum Gasteiger partial charge on any atom is 0.229 e. The lowest BCUT2D eigenvalue weighted by Gasteiger charge is -2.26. The Morgan fingerprint density at radius 1 is 1.12 bits per heavy atom. The van der Waals surface area contributed by atoms with E-state index < -0.39 is 11.2 Å². The number of methoxy groups -OCH3 is 1. The number of nitrogens with one attached hydrogen (secondary N) is 1. The Labute approximate surface area is 190 Å². The second kappa shape index (κ2) is 9.90. The number of hydrogen-bond acceptors (Lipinski definition) is 7. The van der Waals surface area contributed by atoms with Crippen molar-refractivity contribution in [3.8, 4) is 5.75 Å². The predicted molar refractivity (Wildman–Crippen MR) is 126 cm³/mol. The summed E-state index contributed by atoms with van der Waals surface area (Å²) in [6, 6.07) is 4.26. The van der Waals surface area contributed by atoms with Crippen LogP contribution in [0, 0.1) is 0 Å². The fraction of sp³-hybridized carbons (Fsp3) is 0.476. The monoisotopic (exact) mass is 458 g/mol. The molecule has 0 amide bonds. The molecule has 0 aliphatic carbocycles. The van der Waals surface area contributed by atoms with Crippen molar-refractivity contribution in [3.05, 3.63) is 35.7 Å². The Morgan fingerprint density at radius 2 is 1.91 bits per heavy atom. The molecule has 11 heteroatoms. The average molecular weight is 459 g/mol. The molecule has 1 atom stereocenters. The van der Waals surface area contributed by atoms with Gasteiger partial charge in [0.05, 0.1) is 24.4 Å². The van der Waals surface area contributed by atoms with Gasteiger partial charge in [-0.05, 0) is 49.6 Å². The Bertz CT molecular complexity index is 1110. The first-order valence-corrected chi connectivity index (χ1v) is 11.8. The van der Waals surface area contributed by atoms with Gasteiger partial charge in [-0.25, -0.2) is 18.6 Å².